The number of hydrogen-bond acceptors (Lipinski definition) is 2. The Balaban J connectivity index is 2.03. The van der Waals surface area contributed by atoms with Crippen LogP contribution in [0.15, 0.2) is 0 Å². The molecule has 2 aliphatic rings. The van der Waals surface area contributed by atoms with Gasteiger partial charge in [0, 0.05) is 31.2 Å². The van der Waals surface area contributed by atoms with E-state index in [-0.39, 0.29) is 0 Å². The van der Waals surface area contributed by atoms with Gasteiger partial charge in [0.25, 0.3) is 0 Å². The van der Waals surface area contributed by atoms with Gasteiger partial charge in [-0.05, 0) is 31.1 Å². The first kappa shape index (κ1) is 15.3. The summed E-state index contributed by atoms with van der Waals surface area (Å²) in [6.45, 7) is 13.2. The van der Waals surface area contributed by atoms with Gasteiger partial charge in [-0.2, -0.15) is 0 Å². The quantitative estimate of drug-likeness (QED) is 0.835. The van der Waals surface area contributed by atoms with E-state index >= 15 is 0 Å². The molecule has 1 unspecified atom stereocenters. The molecule has 2 heteroatoms. The Morgan fingerprint density at radius 3 is 2.32 bits per heavy atom. The second-order valence-electron chi connectivity index (χ2n) is 7.79. The lowest BCUT2D eigenvalue weighted by atomic mass is 9.77. The van der Waals surface area contributed by atoms with Crippen LogP contribution in [0.2, 0.25) is 0 Å². The van der Waals surface area contributed by atoms with Gasteiger partial charge in [-0.3, -0.25) is 4.90 Å². The van der Waals surface area contributed by atoms with E-state index in [1.54, 1.807) is 0 Å². The highest BCUT2D eigenvalue weighted by Crippen LogP contribution is 2.36. The summed E-state index contributed by atoms with van der Waals surface area (Å²) in [5.41, 5.74) is 0.496. The van der Waals surface area contributed by atoms with E-state index in [0.29, 0.717) is 11.6 Å². The number of hydrogen-bond donors (Lipinski definition) is 1. The summed E-state index contributed by atoms with van der Waals surface area (Å²) in [5, 5.41) is 3.87. The minimum absolute atomic E-state index is 0.496. The van der Waals surface area contributed by atoms with E-state index in [1.165, 1.54) is 58.2 Å². The molecule has 112 valence electrons. The van der Waals surface area contributed by atoms with Crippen molar-refractivity contribution < 1.29 is 0 Å². The summed E-state index contributed by atoms with van der Waals surface area (Å²) in [6.07, 6.45) is 8.48. The Kier molecular flexibility index (Phi) is 5.30. The van der Waals surface area contributed by atoms with Crippen molar-refractivity contribution in [3.63, 3.8) is 0 Å². The Morgan fingerprint density at radius 1 is 1.05 bits per heavy atom. The molecular weight excluding hydrogens is 232 g/mol. The van der Waals surface area contributed by atoms with Crippen molar-refractivity contribution in [2.45, 2.75) is 77.8 Å². The van der Waals surface area contributed by atoms with Crippen molar-refractivity contribution in [2.75, 3.05) is 19.6 Å². The summed E-state index contributed by atoms with van der Waals surface area (Å²) in [5.74, 6) is 1.59. The summed E-state index contributed by atoms with van der Waals surface area (Å²) < 4.78 is 0. The minimum atomic E-state index is 0.496. The van der Waals surface area contributed by atoms with E-state index in [4.69, 9.17) is 0 Å². The van der Waals surface area contributed by atoms with E-state index in [2.05, 4.69) is 37.9 Å². The van der Waals surface area contributed by atoms with Crippen molar-refractivity contribution in [1.29, 1.82) is 0 Å². The van der Waals surface area contributed by atoms with Gasteiger partial charge in [0.15, 0.2) is 0 Å². The Morgan fingerprint density at radius 2 is 1.74 bits per heavy atom. The lowest BCUT2D eigenvalue weighted by molar-refractivity contribution is -0.00121. The van der Waals surface area contributed by atoms with Crippen LogP contribution in [0.4, 0.5) is 0 Å². The van der Waals surface area contributed by atoms with Crippen molar-refractivity contribution in [3.05, 3.63) is 0 Å². The third-order valence-electron chi connectivity index (χ3n) is 4.96. The molecule has 19 heavy (non-hydrogen) atoms. The molecule has 2 fully saturated rings. The first-order valence-corrected chi connectivity index (χ1v) is 8.50. The fourth-order valence-electron chi connectivity index (χ4n) is 4.11. The maximum Gasteiger partial charge on any atom is 0.0334 e. The third kappa shape index (κ3) is 3.95. The second kappa shape index (κ2) is 6.58. The molecule has 1 saturated heterocycles. The van der Waals surface area contributed by atoms with Crippen LogP contribution < -0.4 is 5.32 Å². The summed E-state index contributed by atoms with van der Waals surface area (Å²) >= 11 is 0. The van der Waals surface area contributed by atoms with E-state index in [9.17, 15) is 0 Å². The van der Waals surface area contributed by atoms with E-state index < -0.39 is 0 Å². The van der Waals surface area contributed by atoms with Crippen LogP contribution >= 0.6 is 0 Å². The van der Waals surface area contributed by atoms with Gasteiger partial charge in [0.05, 0.1) is 0 Å². The first-order valence-electron chi connectivity index (χ1n) is 8.50. The summed E-state index contributed by atoms with van der Waals surface area (Å²) in [7, 11) is 0. The molecule has 0 aromatic rings. The normalized spacial score (nSPS) is 28.4. The fourth-order valence-corrected chi connectivity index (χ4v) is 4.11. The van der Waals surface area contributed by atoms with Gasteiger partial charge in [-0.1, -0.05) is 47.0 Å². The van der Waals surface area contributed by atoms with E-state index in [0.717, 1.165) is 11.8 Å². The molecule has 1 N–H and O–H groups in total. The molecule has 1 spiro atoms. The van der Waals surface area contributed by atoms with Crippen LogP contribution in [-0.2, 0) is 0 Å². The van der Waals surface area contributed by atoms with Gasteiger partial charge < -0.3 is 5.32 Å². The zero-order chi connectivity index (χ0) is 13.9. The highest BCUT2D eigenvalue weighted by atomic mass is 15.3. The number of nitrogens with one attached hydrogen (secondary N) is 1. The molecule has 0 radical (unpaired) electrons. The Bertz CT molecular complexity index is 266. The zero-order valence-corrected chi connectivity index (χ0v) is 13.5. The van der Waals surface area contributed by atoms with Gasteiger partial charge in [-0.15, -0.1) is 0 Å². The Labute approximate surface area is 120 Å². The monoisotopic (exact) mass is 266 g/mol. The average Bonchev–Trinajstić information content (AvgIpc) is 2.34. The molecule has 1 aliphatic heterocycles. The van der Waals surface area contributed by atoms with Gasteiger partial charge in [0.1, 0.15) is 0 Å². The topological polar surface area (TPSA) is 15.3 Å². The van der Waals surface area contributed by atoms with Crippen LogP contribution in [0, 0.1) is 11.8 Å². The average molecular weight is 266 g/mol. The van der Waals surface area contributed by atoms with Crippen LogP contribution in [0.5, 0.6) is 0 Å². The van der Waals surface area contributed by atoms with E-state index in [1.807, 2.05) is 0 Å². The lowest BCUT2D eigenvalue weighted by Crippen LogP contribution is -2.65. The maximum atomic E-state index is 3.87. The molecule has 2 nitrogen and oxygen atoms in total. The largest absolute Gasteiger partial charge is 0.311 e. The van der Waals surface area contributed by atoms with Gasteiger partial charge >= 0.3 is 0 Å². The van der Waals surface area contributed by atoms with Crippen LogP contribution in [-0.4, -0.2) is 36.1 Å². The summed E-state index contributed by atoms with van der Waals surface area (Å²) in [6, 6.07) is 0.714. The lowest BCUT2D eigenvalue weighted by Gasteiger charge is -2.53. The van der Waals surface area contributed by atoms with Gasteiger partial charge in [-0.25, -0.2) is 0 Å². The molecule has 1 heterocycles. The fraction of sp³-hybridized carbons (Fsp3) is 1.00. The van der Waals surface area contributed by atoms with Crippen LogP contribution in [0.25, 0.3) is 0 Å². The molecule has 0 amide bonds. The van der Waals surface area contributed by atoms with Gasteiger partial charge in [0.2, 0.25) is 0 Å². The molecular formula is C17H34N2. The third-order valence-corrected chi connectivity index (χ3v) is 4.96. The standard InChI is InChI=1S/C17H34N2/c1-14(2)10-16-12-19(11-15(3)4)17(13-18-16)8-6-5-7-9-17/h14-16,18H,5-13H2,1-4H3. The predicted molar refractivity (Wildman–Crippen MR) is 83.5 cm³/mol. The highest BCUT2D eigenvalue weighted by molar-refractivity contribution is 5.00. The molecule has 0 bridgehead atoms. The smallest absolute Gasteiger partial charge is 0.0334 e. The van der Waals surface area contributed by atoms with Crippen LogP contribution in [0.3, 0.4) is 0 Å². The number of rotatable bonds is 4. The van der Waals surface area contributed by atoms with Crippen molar-refractivity contribution in [2.24, 2.45) is 11.8 Å². The Hall–Kier alpha value is -0.0800. The predicted octanol–water partition coefficient (Wildman–Crippen LogP) is 3.67. The molecule has 1 atom stereocenters. The second-order valence-corrected chi connectivity index (χ2v) is 7.79. The highest BCUT2D eigenvalue weighted by Gasteiger charge is 2.42. The molecule has 0 aromatic heterocycles. The summed E-state index contributed by atoms with van der Waals surface area (Å²) in [4.78, 5) is 2.86. The van der Waals surface area contributed by atoms with Crippen molar-refractivity contribution in [1.82, 2.24) is 10.2 Å². The first-order chi connectivity index (χ1) is 9.02. The SMILES string of the molecule is CC(C)CC1CN(CC(C)C)C2(CCCCC2)CN1. The number of nitrogens with zero attached hydrogens (tertiary/aromatic N) is 1. The molecule has 1 saturated carbocycles. The minimum Gasteiger partial charge on any atom is -0.311 e. The number of piperazine rings is 1. The molecule has 0 aromatic carbocycles. The maximum absolute atomic E-state index is 3.87. The van der Waals surface area contributed by atoms with Crippen LogP contribution in [0.1, 0.15) is 66.2 Å². The molecule has 2 rings (SSSR count). The molecule has 1 aliphatic carbocycles. The van der Waals surface area contributed by atoms with Crippen molar-refractivity contribution in [3.8, 4) is 0 Å². The zero-order valence-electron chi connectivity index (χ0n) is 13.5. The van der Waals surface area contributed by atoms with Crippen molar-refractivity contribution >= 4 is 0 Å².